The highest BCUT2D eigenvalue weighted by molar-refractivity contribution is 6.04. The maximum Gasteiger partial charge on any atom is 0.0714 e. The molecule has 0 heterocycles. The molecule has 10 aromatic carbocycles. The van der Waals surface area contributed by atoms with Crippen LogP contribution in [0, 0.1) is 0 Å². The van der Waals surface area contributed by atoms with Crippen molar-refractivity contribution in [2.24, 2.45) is 0 Å². The van der Waals surface area contributed by atoms with Gasteiger partial charge in [-0.2, -0.15) is 0 Å². The Morgan fingerprint density at radius 3 is 1.51 bits per heavy atom. The van der Waals surface area contributed by atoms with Crippen LogP contribution < -0.4 is 4.90 Å². The first-order chi connectivity index (χ1) is 31.0. The average Bonchev–Trinajstić information content (AvgIpc) is 3.78. The van der Waals surface area contributed by atoms with Crippen LogP contribution in [-0.2, 0) is 10.8 Å². The summed E-state index contributed by atoms with van der Waals surface area (Å²) < 4.78 is 0. The molecule has 0 radical (unpaired) electrons. The number of rotatable bonds is 7. The minimum Gasteiger partial charge on any atom is -0.310 e. The minimum absolute atomic E-state index is 0.108. The third-order valence-electron chi connectivity index (χ3n) is 14.0. The molecule has 0 N–H and O–H groups in total. The highest BCUT2D eigenvalue weighted by atomic mass is 15.1. The van der Waals surface area contributed by atoms with E-state index in [-0.39, 0.29) is 5.41 Å². The van der Waals surface area contributed by atoms with E-state index in [9.17, 15) is 0 Å². The van der Waals surface area contributed by atoms with Crippen molar-refractivity contribution in [3.05, 3.63) is 270 Å². The molecule has 10 aromatic rings. The number of nitrogens with zero attached hydrogens (tertiary/aromatic N) is 1. The Kier molecular flexibility index (Phi) is 8.49. The molecule has 12 rings (SSSR count). The lowest BCUT2D eigenvalue weighted by molar-refractivity contribution is 0.660. The molecule has 298 valence electrons. The maximum atomic E-state index is 2.47. The monoisotopic (exact) mass is 803 g/mol. The van der Waals surface area contributed by atoms with Crippen LogP contribution in [0.4, 0.5) is 17.1 Å². The van der Waals surface area contributed by atoms with Crippen molar-refractivity contribution in [2.75, 3.05) is 4.90 Å². The first-order valence-corrected chi connectivity index (χ1v) is 22.1. The van der Waals surface area contributed by atoms with Crippen LogP contribution in [0.2, 0.25) is 0 Å². The normalized spacial score (nSPS) is 13.8. The van der Waals surface area contributed by atoms with Gasteiger partial charge in [0.15, 0.2) is 0 Å². The molecule has 0 aromatic heterocycles. The van der Waals surface area contributed by atoms with Gasteiger partial charge < -0.3 is 4.90 Å². The van der Waals surface area contributed by atoms with Gasteiger partial charge in [-0.1, -0.05) is 208 Å². The standard InChI is InChI=1S/C62H45N/c1-61(2)56-25-15-14-24-53(56)54-38-36-51(41-58(54)61)63(49-32-26-43(27-33-49)42-16-6-3-7-17-42)50-34-28-44(29-35-50)46-30-37-55-59(40-46)62(47-19-8-4-9-20-47,48-21-10-5-11-22-48)57-39-31-45-18-12-13-23-52(45)60(55)57/h3-41H,1-2H3. The van der Waals surface area contributed by atoms with Crippen LogP contribution in [-0.4, -0.2) is 0 Å². The first-order valence-electron chi connectivity index (χ1n) is 22.1. The van der Waals surface area contributed by atoms with E-state index in [0.29, 0.717) is 0 Å². The Balaban J connectivity index is 1.00. The Labute approximate surface area is 370 Å². The van der Waals surface area contributed by atoms with Crippen LogP contribution in [0.15, 0.2) is 237 Å². The van der Waals surface area contributed by atoms with Gasteiger partial charge in [0.05, 0.1) is 5.41 Å². The fourth-order valence-electron chi connectivity index (χ4n) is 11.0. The van der Waals surface area contributed by atoms with Gasteiger partial charge in [0.25, 0.3) is 0 Å². The second-order valence-electron chi connectivity index (χ2n) is 17.6. The maximum absolute atomic E-state index is 2.47. The fraction of sp³-hybridized carbons (Fsp3) is 0.0645. The van der Waals surface area contributed by atoms with E-state index in [4.69, 9.17) is 0 Å². The van der Waals surface area contributed by atoms with Crippen LogP contribution in [0.1, 0.15) is 47.2 Å². The molecule has 0 saturated heterocycles. The van der Waals surface area contributed by atoms with Crippen LogP contribution >= 0.6 is 0 Å². The van der Waals surface area contributed by atoms with Crippen molar-refractivity contribution in [3.8, 4) is 44.5 Å². The molecule has 0 saturated carbocycles. The summed E-state index contributed by atoms with van der Waals surface area (Å²) in [5.41, 5.74) is 20.8. The third-order valence-corrected chi connectivity index (χ3v) is 14.0. The first kappa shape index (κ1) is 37.1. The molecule has 1 heteroatoms. The Bertz CT molecular complexity index is 3290. The molecule has 63 heavy (non-hydrogen) atoms. The molecule has 1 nitrogen and oxygen atoms in total. The van der Waals surface area contributed by atoms with Gasteiger partial charge >= 0.3 is 0 Å². The molecular weight excluding hydrogens is 759 g/mol. The molecule has 0 atom stereocenters. The second-order valence-corrected chi connectivity index (χ2v) is 17.6. The highest BCUT2D eigenvalue weighted by Gasteiger charge is 2.47. The Morgan fingerprint density at radius 1 is 0.317 bits per heavy atom. The molecule has 0 unspecified atom stereocenters. The Hall–Kier alpha value is -7.74. The number of hydrogen-bond donors (Lipinski definition) is 0. The van der Waals surface area contributed by atoms with Gasteiger partial charge in [0, 0.05) is 22.5 Å². The quantitative estimate of drug-likeness (QED) is 0.155. The van der Waals surface area contributed by atoms with Gasteiger partial charge in [0.1, 0.15) is 0 Å². The van der Waals surface area contributed by atoms with Gasteiger partial charge in [-0.25, -0.2) is 0 Å². The van der Waals surface area contributed by atoms with Crippen molar-refractivity contribution < 1.29 is 0 Å². The number of fused-ring (bicyclic) bond motifs is 8. The van der Waals surface area contributed by atoms with E-state index in [0.717, 1.165) is 17.1 Å². The van der Waals surface area contributed by atoms with Gasteiger partial charge in [0.2, 0.25) is 0 Å². The average molecular weight is 804 g/mol. The summed E-state index contributed by atoms with van der Waals surface area (Å²) in [5, 5.41) is 2.55. The van der Waals surface area contributed by atoms with Gasteiger partial charge in [-0.15, -0.1) is 0 Å². The van der Waals surface area contributed by atoms with E-state index < -0.39 is 5.41 Å². The number of benzene rings is 10. The van der Waals surface area contributed by atoms with E-state index in [1.165, 1.54) is 88.7 Å². The predicted octanol–water partition coefficient (Wildman–Crippen LogP) is 16.3. The van der Waals surface area contributed by atoms with Crippen molar-refractivity contribution >= 4 is 27.8 Å². The zero-order chi connectivity index (χ0) is 42.1. The summed E-state index contributed by atoms with van der Waals surface area (Å²) in [4.78, 5) is 2.41. The summed E-state index contributed by atoms with van der Waals surface area (Å²) in [6, 6.07) is 87.7. The minimum atomic E-state index is -0.489. The van der Waals surface area contributed by atoms with E-state index in [2.05, 4.69) is 255 Å². The predicted molar refractivity (Wildman–Crippen MR) is 264 cm³/mol. The lowest BCUT2D eigenvalue weighted by Gasteiger charge is -2.34. The molecule has 0 spiro atoms. The van der Waals surface area contributed by atoms with Gasteiger partial charge in [-0.05, 0) is 131 Å². The lowest BCUT2D eigenvalue weighted by Crippen LogP contribution is -2.28. The van der Waals surface area contributed by atoms with Crippen molar-refractivity contribution in [1.29, 1.82) is 0 Å². The smallest absolute Gasteiger partial charge is 0.0714 e. The zero-order valence-electron chi connectivity index (χ0n) is 35.5. The summed E-state index contributed by atoms with van der Waals surface area (Å²) in [6.07, 6.45) is 0. The topological polar surface area (TPSA) is 3.24 Å². The van der Waals surface area contributed by atoms with Crippen molar-refractivity contribution in [1.82, 2.24) is 0 Å². The summed E-state index contributed by atoms with van der Waals surface area (Å²) in [7, 11) is 0. The summed E-state index contributed by atoms with van der Waals surface area (Å²) in [5.74, 6) is 0. The second kappa shape index (κ2) is 14.4. The molecule has 2 aliphatic carbocycles. The van der Waals surface area contributed by atoms with Crippen molar-refractivity contribution in [2.45, 2.75) is 24.7 Å². The highest BCUT2D eigenvalue weighted by Crippen LogP contribution is 2.58. The van der Waals surface area contributed by atoms with Crippen LogP contribution in [0.5, 0.6) is 0 Å². The summed E-state index contributed by atoms with van der Waals surface area (Å²) >= 11 is 0. The van der Waals surface area contributed by atoms with Crippen LogP contribution in [0.25, 0.3) is 55.3 Å². The van der Waals surface area contributed by atoms with E-state index in [1.807, 2.05) is 0 Å². The molecule has 0 bridgehead atoms. The molecule has 2 aliphatic rings. The fourth-order valence-corrected chi connectivity index (χ4v) is 11.0. The zero-order valence-corrected chi connectivity index (χ0v) is 35.5. The molecule has 0 aliphatic heterocycles. The Morgan fingerprint density at radius 2 is 0.825 bits per heavy atom. The lowest BCUT2D eigenvalue weighted by atomic mass is 9.67. The molecule has 0 amide bonds. The number of hydrogen-bond acceptors (Lipinski definition) is 1. The van der Waals surface area contributed by atoms with Crippen molar-refractivity contribution in [3.63, 3.8) is 0 Å². The molecular formula is C62H45N. The SMILES string of the molecule is CC1(C)c2ccccc2-c2ccc(N(c3ccc(-c4ccccc4)cc3)c3ccc(-c4ccc5c(c4)C(c4ccccc4)(c4ccccc4)c4ccc6ccccc6c4-5)cc3)cc21. The van der Waals surface area contributed by atoms with Crippen LogP contribution in [0.3, 0.4) is 0 Å². The van der Waals surface area contributed by atoms with E-state index in [1.54, 1.807) is 0 Å². The third kappa shape index (κ3) is 5.70. The molecule has 0 fully saturated rings. The van der Waals surface area contributed by atoms with Gasteiger partial charge in [-0.3, -0.25) is 0 Å². The number of anilines is 3. The summed E-state index contributed by atoms with van der Waals surface area (Å²) in [6.45, 7) is 4.72. The van der Waals surface area contributed by atoms with E-state index >= 15 is 0 Å². The largest absolute Gasteiger partial charge is 0.310 e.